The SMILES string of the molecule is CCN(c1cccc(F)c1)c1nc(C)cc(CN)n1. The van der Waals surface area contributed by atoms with E-state index in [4.69, 9.17) is 5.73 Å². The first kappa shape index (κ1) is 13.4. The van der Waals surface area contributed by atoms with Crippen molar-refractivity contribution in [2.24, 2.45) is 5.73 Å². The molecule has 0 aliphatic rings. The highest BCUT2D eigenvalue weighted by Crippen LogP contribution is 2.22. The smallest absolute Gasteiger partial charge is 0.230 e. The summed E-state index contributed by atoms with van der Waals surface area (Å²) in [5.41, 5.74) is 7.98. The number of hydrogen-bond acceptors (Lipinski definition) is 4. The first-order valence-corrected chi connectivity index (χ1v) is 6.21. The van der Waals surface area contributed by atoms with Gasteiger partial charge >= 0.3 is 0 Å². The Bertz CT molecular complexity index is 571. The molecule has 0 amide bonds. The Morgan fingerprint density at radius 1 is 1.26 bits per heavy atom. The monoisotopic (exact) mass is 260 g/mol. The predicted octanol–water partition coefficient (Wildman–Crippen LogP) is 2.54. The maximum Gasteiger partial charge on any atom is 0.230 e. The van der Waals surface area contributed by atoms with Crippen LogP contribution in [-0.4, -0.2) is 16.5 Å². The molecular weight excluding hydrogens is 243 g/mol. The van der Waals surface area contributed by atoms with E-state index in [-0.39, 0.29) is 5.82 Å². The van der Waals surface area contributed by atoms with Crippen molar-refractivity contribution in [1.29, 1.82) is 0 Å². The lowest BCUT2D eigenvalue weighted by Crippen LogP contribution is -2.20. The molecule has 0 radical (unpaired) electrons. The molecule has 0 spiro atoms. The van der Waals surface area contributed by atoms with Crippen LogP contribution in [0.4, 0.5) is 16.0 Å². The van der Waals surface area contributed by atoms with E-state index in [1.807, 2.05) is 30.9 Å². The molecule has 100 valence electrons. The standard InChI is InChI=1S/C14H17FN4/c1-3-19(13-6-4-5-11(15)8-13)14-17-10(2)7-12(9-16)18-14/h4-8H,3,9,16H2,1-2H3. The zero-order valence-corrected chi connectivity index (χ0v) is 11.1. The number of halogens is 1. The molecule has 0 fully saturated rings. The minimum atomic E-state index is -0.275. The zero-order chi connectivity index (χ0) is 13.8. The topological polar surface area (TPSA) is 55.0 Å². The molecule has 0 atom stereocenters. The van der Waals surface area contributed by atoms with Gasteiger partial charge in [0, 0.05) is 24.5 Å². The average Bonchev–Trinajstić information content (AvgIpc) is 2.39. The Balaban J connectivity index is 2.44. The summed E-state index contributed by atoms with van der Waals surface area (Å²) in [5, 5.41) is 0. The summed E-state index contributed by atoms with van der Waals surface area (Å²) in [7, 11) is 0. The number of rotatable bonds is 4. The van der Waals surface area contributed by atoms with Gasteiger partial charge in [0.2, 0.25) is 5.95 Å². The van der Waals surface area contributed by atoms with Crippen molar-refractivity contribution < 1.29 is 4.39 Å². The fourth-order valence-corrected chi connectivity index (χ4v) is 1.93. The summed E-state index contributed by atoms with van der Waals surface area (Å²) in [6, 6.07) is 8.24. The zero-order valence-electron chi connectivity index (χ0n) is 11.1. The summed E-state index contributed by atoms with van der Waals surface area (Å²) in [4.78, 5) is 10.6. The summed E-state index contributed by atoms with van der Waals surface area (Å²) in [6.07, 6.45) is 0. The van der Waals surface area contributed by atoms with E-state index < -0.39 is 0 Å². The van der Waals surface area contributed by atoms with E-state index in [1.165, 1.54) is 12.1 Å². The van der Waals surface area contributed by atoms with Gasteiger partial charge in [0.25, 0.3) is 0 Å². The maximum absolute atomic E-state index is 13.3. The lowest BCUT2D eigenvalue weighted by atomic mass is 10.3. The van der Waals surface area contributed by atoms with E-state index in [1.54, 1.807) is 6.07 Å². The number of hydrogen-bond donors (Lipinski definition) is 1. The molecule has 5 heteroatoms. The van der Waals surface area contributed by atoms with Crippen molar-refractivity contribution >= 4 is 11.6 Å². The Kier molecular flexibility index (Phi) is 4.06. The molecule has 1 heterocycles. The summed E-state index contributed by atoms with van der Waals surface area (Å²) < 4.78 is 13.3. The molecule has 1 aromatic carbocycles. The third-order valence-corrected chi connectivity index (χ3v) is 2.78. The van der Waals surface area contributed by atoms with Crippen molar-refractivity contribution in [3.05, 3.63) is 47.5 Å². The van der Waals surface area contributed by atoms with Gasteiger partial charge in [0.15, 0.2) is 0 Å². The van der Waals surface area contributed by atoms with Gasteiger partial charge < -0.3 is 10.6 Å². The number of anilines is 2. The third kappa shape index (κ3) is 3.06. The Labute approximate surface area is 112 Å². The Hall–Kier alpha value is -2.01. The van der Waals surface area contributed by atoms with Crippen LogP contribution in [0.5, 0.6) is 0 Å². The molecule has 2 aromatic rings. The minimum absolute atomic E-state index is 0.275. The molecule has 4 nitrogen and oxygen atoms in total. The lowest BCUT2D eigenvalue weighted by molar-refractivity contribution is 0.627. The van der Waals surface area contributed by atoms with Crippen LogP contribution in [0.1, 0.15) is 18.3 Å². The lowest BCUT2D eigenvalue weighted by Gasteiger charge is -2.21. The van der Waals surface area contributed by atoms with Crippen LogP contribution < -0.4 is 10.6 Å². The second-order valence-electron chi connectivity index (χ2n) is 4.23. The molecule has 0 saturated heterocycles. The number of benzene rings is 1. The van der Waals surface area contributed by atoms with Crippen LogP contribution in [0.3, 0.4) is 0 Å². The summed E-state index contributed by atoms with van der Waals surface area (Å²) >= 11 is 0. The quantitative estimate of drug-likeness (QED) is 0.917. The fraction of sp³-hybridized carbons (Fsp3) is 0.286. The molecule has 1 aromatic heterocycles. The van der Waals surface area contributed by atoms with Gasteiger partial charge in [-0.2, -0.15) is 0 Å². The molecule has 2 rings (SSSR count). The van der Waals surface area contributed by atoms with Gasteiger partial charge in [-0.25, -0.2) is 14.4 Å². The Morgan fingerprint density at radius 3 is 2.68 bits per heavy atom. The first-order valence-electron chi connectivity index (χ1n) is 6.21. The number of aryl methyl sites for hydroxylation is 1. The first-order chi connectivity index (χ1) is 9.13. The predicted molar refractivity (Wildman–Crippen MR) is 73.7 cm³/mol. The number of nitrogens with zero attached hydrogens (tertiary/aromatic N) is 3. The van der Waals surface area contributed by atoms with Crippen LogP contribution in [-0.2, 0) is 6.54 Å². The highest BCUT2D eigenvalue weighted by Gasteiger charge is 2.12. The van der Waals surface area contributed by atoms with Gasteiger partial charge in [-0.15, -0.1) is 0 Å². The van der Waals surface area contributed by atoms with Crippen LogP contribution in [0.25, 0.3) is 0 Å². The fourth-order valence-electron chi connectivity index (χ4n) is 1.93. The molecule has 0 unspecified atom stereocenters. The van der Waals surface area contributed by atoms with Gasteiger partial charge in [-0.1, -0.05) is 6.07 Å². The summed E-state index contributed by atoms with van der Waals surface area (Å²) in [6.45, 7) is 4.87. The number of aromatic nitrogens is 2. The highest BCUT2D eigenvalue weighted by molar-refractivity contribution is 5.57. The van der Waals surface area contributed by atoms with E-state index in [9.17, 15) is 4.39 Å². The molecule has 19 heavy (non-hydrogen) atoms. The van der Waals surface area contributed by atoms with Crippen molar-refractivity contribution in [3.8, 4) is 0 Å². The van der Waals surface area contributed by atoms with Crippen LogP contribution >= 0.6 is 0 Å². The average molecular weight is 260 g/mol. The Morgan fingerprint density at radius 2 is 2.05 bits per heavy atom. The maximum atomic E-state index is 13.3. The van der Waals surface area contributed by atoms with E-state index in [0.29, 0.717) is 19.0 Å². The van der Waals surface area contributed by atoms with Crippen molar-refractivity contribution in [2.45, 2.75) is 20.4 Å². The molecular formula is C14H17FN4. The molecule has 0 aliphatic heterocycles. The van der Waals surface area contributed by atoms with Crippen molar-refractivity contribution in [1.82, 2.24) is 9.97 Å². The van der Waals surface area contributed by atoms with Crippen molar-refractivity contribution in [2.75, 3.05) is 11.4 Å². The summed E-state index contributed by atoms with van der Waals surface area (Å²) in [5.74, 6) is 0.274. The molecule has 0 bridgehead atoms. The van der Waals surface area contributed by atoms with Crippen molar-refractivity contribution in [3.63, 3.8) is 0 Å². The van der Waals surface area contributed by atoms with E-state index in [2.05, 4.69) is 9.97 Å². The third-order valence-electron chi connectivity index (χ3n) is 2.78. The van der Waals surface area contributed by atoms with Gasteiger partial charge in [-0.3, -0.25) is 0 Å². The highest BCUT2D eigenvalue weighted by atomic mass is 19.1. The molecule has 2 N–H and O–H groups in total. The second-order valence-corrected chi connectivity index (χ2v) is 4.23. The normalized spacial score (nSPS) is 10.5. The van der Waals surface area contributed by atoms with Gasteiger partial charge in [0.1, 0.15) is 5.82 Å². The second kappa shape index (κ2) is 5.75. The van der Waals surface area contributed by atoms with Crippen LogP contribution in [0.15, 0.2) is 30.3 Å². The largest absolute Gasteiger partial charge is 0.325 e. The van der Waals surface area contributed by atoms with Gasteiger partial charge in [-0.05, 0) is 38.1 Å². The van der Waals surface area contributed by atoms with E-state index in [0.717, 1.165) is 17.1 Å². The van der Waals surface area contributed by atoms with Crippen LogP contribution in [0.2, 0.25) is 0 Å². The van der Waals surface area contributed by atoms with Gasteiger partial charge in [0.05, 0.1) is 5.69 Å². The number of nitrogens with two attached hydrogens (primary N) is 1. The molecule has 0 aliphatic carbocycles. The minimum Gasteiger partial charge on any atom is -0.325 e. The van der Waals surface area contributed by atoms with Crippen LogP contribution in [0, 0.1) is 12.7 Å². The molecule has 0 saturated carbocycles. The van der Waals surface area contributed by atoms with E-state index >= 15 is 0 Å².